The highest BCUT2D eigenvalue weighted by atomic mass is 15.1. The third-order valence-corrected chi connectivity index (χ3v) is 4.97. The monoisotopic (exact) mass is 272 g/mol. The second-order valence-electron chi connectivity index (χ2n) is 6.66. The Morgan fingerprint density at radius 3 is 2.85 bits per heavy atom. The molecule has 0 radical (unpaired) electrons. The average Bonchev–Trinajstić information content (AvgIpc) is 2.48. The van der Waals surface area contributed by atoms with Crippen LogP contribution in [0.3, 0.4) is 0 Å². The highest BCUT2D eigenvalue weighted by molar-refractivity contribution is 5.32. The van der Waals surface area contributed by atoms with Crippen molar-refractivity contribution in [2.75, 3.05) is 26.7 Å². The first-order chi connectivity index (χ1) is 9.83. The Bertz CT molecular complexity index is 423. The van der Waals surface area contributed by atoms with Crippen molar-refractivity contribution in [3.63, 3.8) is 0 Å². The lowest BCUT2D eigenvalue weighted by Crippen LogP contribution is -2.43. The van der Waals surface area contributed by atoms with Crippen molar-refractivity contribution in [1.29, 1.82) is 0 Å². The summed E-state index contributed by atoms with van der Waals surface area (Å²) >= 11 is 0. The summed E-state index contributed by atoms with van der Waals surface area (Å²) in [4.78, 5) is 2.55. The van der Waals surface area contributed by atoms with Gasteiger partial charge in [-0.15, -0.1) is 0 Å². The molecule has 1 aromatic rings. The Labute approximate surface area is 123 Å². The van der Waals surface area contributed by atoms with Crippen LogP contribution in [0.5, 0.6) is 0 Å². The predicted octanol–water partition coefficient (Wildman–Crippen LogP) is 3.18. The van der Waals surface area contributed by atoms with Crippen LogP contribution in [0, 0.1) is 0 Å². The van der Waals surface area contributed by atoms with Crippen molar-refractivity contribution >= 4 is 0 Å². The molecule has 1 fully saturated rings. The summed E-state index contributed by atoms with van der Waals surface area (Å²) in [6.45, 7) is 3.64. The van der Waals surface area contributed by atoms with Gasteiger partial charge in [-0.1, -0.05) is 30.7 Å². The van der Waals surface area contributed by atoms with E-state index in [1.807, 2.05) is 0 Å². The number of hydrogen-bond donors (Lipinski definition) is 1. The van der Waals surface area contributed by atoms with Gasteiger partial charge in [-0.3, -0.25) is 0 Å². The number of piperidine rings is 1. The third kappa shape index (κ3) is 3.42. The van der Waals surface area contributed by atoms with Crippen molar-refractivity contribution in [3.8, 4) is 0 Å². The molecule has 2 nitrogen and oxygen atoms in total. The van der Waals surface area contributed by atoms with Crippen LogP contribution in [-0.4, -0.2) is 37.6 Å². The van der Waals surface area contributed by atoms with E-state index in [0.717, 1.165) is 5.92 Å². The number of nitrogens with one attached hydrogen (secondary N) is 1. The van der Waals surface area contributed by atoms with Crippen LogP contribution in [0.15, 0.2) is 24.3 Å². The van der Waals surface area contributed by atoms with Gasteiger partial charge < -0.3 is 10.2 Å². The molecule has 3 rings (SSSR count). The molecular formula is C18H28N2. The summed E-state index contributed by atoms with van der Waals surface area (Å²) in [6.07, 6.45) is 8.11. The lowest BCUT2D eigenvalue weighted by Gasteiger charge is -2.32. The fourth-order valence-corrected chi connectivity index (χ4v) is 3.95. The number of nitrogens with zero attached hydrogens (tertiary/aromatic N) is 1. The van der Waals surface area contributed by atoms with E-state index in [1.54, 1.807) is 11.1 Å². The van der Waals surface area contributed by atoms with Gasteiger partial charge in [0.2, 0.25) is 0 Å². The normalized spacial score (nSPS) is 26.5. The summed E-state index contributed by atoms with van der Waals surface area (Å²) in [5, 5.41) is 3.66. The van der Waals surface area contributed by atoms with Crippen molar-refractivity contribution < 1.29 is 0 Å². The molecule has 20 heavy (non-hydrogen) atoms. The summed E-state index contributed by atoms with van der Waals surface area (Å²) in [5.74, 6) is 0.744. The van der Waals surface area contributed by atoms with E-state index in [9.17, 15) is 0 Å². The van der Waals surface area contributed by atoms with Crippen molar-refractivity contribution in [2.45, 2.75) is 50.5 Å². The van der Waals surface area contributed by atoms with Crippen LogP contribution in [0.25, 0.3) is 0 Å². The molecule has 1 aromatic carbocycles. The summed E-state index contributed by atoms with van der Waals surface area (Å²) in [7, 11) is 2.30. The first-order valence-electron chi connectivity index (χ1n) is 8.32. The van der Waals surface area contributed by atoms with Crippen molar-refractivity contribution in [1.82, 2.24) is 10.2 Å². The quantitative estimate of drug-likeness (QED) is 0.905. The van der Waals surface area contributed by atoms with Gasteiger partial charge in [0.15, 0.2) is 0 Å². The van der Waals surface area contributed by atoms with E-state index in [0.29, 0.717) is 6.04 Å². The number of benzene rings is 1. The Balaban J connectivity index is 1.57. The maximum Gasteiger partial charge on any atom is 0.0194 e. The fraction of sp³-hybridized carbons (Fsp3) is 0.667. The lowest BCUT2D eigenvalue weighted by molar-refractivity contribution is 0.244. The number of hydrogen-bond acceptors (Lipinski definition) is 2. The van der Waals surface area contributed by atoms with Gasteiger partial charge in [0, 0.05) is 19.1 Å². The number of aryl methyl sites for hydroxylation is 1. The molecule has 2 heteroatoms. The largest absolute Gasteiger partial charge is 0.313 e. The van der Waals surface area contributed by atoms with E-state index >= 15 is 0 Å². The van der Waals surface area contributed by atoms with Crippen LogP contribution in [0.4, 0.5) is 0 Å². The van der Waals surface area contributed by atoms with E-state index in [1.165, 1.54) is 58.2 Å². The Hall–Kier alpha value is -0.860. The van der Waals surface area contributed by atoms with Gasteiger partial charge in [0.25, 0.3) is 0 Å². The number of likely N-dealkylation sites (N-methyl/N-ethyl adjacent to an activating group) is 1. The molecule has 1 saturated heterocycles. The Kier molecular flexibility index (Phi) is 4.74. The highest BCUT2D eigenvalue weighted by Gasteiger charge is 2.22. The van der Waals surface area contributed by atoms with Crippen LogP contribution in [0.2, 0.25) is 0 Å². The van der Waals surface area contributed by atoms with Gasteiger partial charge in [-0.25, -0.2) is 0 Å². The zero-order valence-corrected chi connectivity index (χ0v) is 12.8. The van der Waals surface area contributed by atoms with Gasteiger partial charge in [0.05, 0.1) is 0 Å². The molecule has 1 N–H and O–H groups in total. The fourth-order valence-electron chi connectivity index (χ4n) is 3.95. The minimum Gasteiger partial charge on any atom is -0.313 e. The molecule has 2 atom stereocenters. The minimum absolute atomic E-state index is 0.715. The van der Waals surface area contributed by atoms with Crippen molar-refractivity contribution in [3.05, 3.63) is 35.4 Å². The van der Waals surface area contributed by atoms with Crippen molar-refractivity contribution in [2.24, 2.45) is 0 Å². The second kappa shape index (κ2) is 6.73. The zero-order chi connectivity index (χ0) is 13.8. The van der Waals surface area contributed by atoms with Gasteiger partial charge in [-0.05, 0) is 62.7 Å². The van der Waals surface area contributed by atoms with E-state index in [-0.39, 0.29) is 0 Å². The predicted molar refractivity (Wildman–Crippen MR) is 85.3 cm³/mol. The Morgan fingerprint density at radius 1 is 1.10 bits per heavy atom. The van der Waals surface area contributed by atoms with E-state index in [4.69, 9.17) is 0 Å². The lowest BCUT2D eigenvalue weighted by atomic mass is 9.82. The average molecular weight is 272 g/mol. The third-order valence-electron chi connectivity index (χ3n) is 4.97. The summed E-state index contributed by atoms with van der Waals surface area (Å²) in [5.41, 5.74) is 3.20. The van der Waals surface area contributed by atoms with E-state index < -0.39 is 0 Å². The SMILES string of the molecule is CN(CC1CCCCN1)CC1CCCc2ccccc21. The highest BCUT2D eigenvalue weighted by Crippen LogP contribution is 2.31. The molecule has 2 aliphatic rings. The first kappa shape index (κ1) is 14.1. The summed E-state index contributed by atoms with van der Waals surface area (Å²) in [6, 6.07) is 9.79. The molecule has 0 spiro atoms. The maximum absolute atomic E-state index is 3.66. The van der Waals surface area contributed by atoms with Crippen LogP contribution < -0.4 is 5.32 Å². The molecular weight excluding hydrogens is 244 g/mol. The molecule has 0 aromatic heterocycles. The van der Waals surface area contributed by atoms with E-state index in [2.05, 4.69) is 41.5 Å². The van der Waals surface area contributed by atoms with Gasteiger partial charge >= 0.3 is 0 Å². The minimum atomic E-state index is 0.715. The van der Waals surface area contributed by atoms with Gasteiger partial charge in [0.1, 0.15) is 0 Å². The molecule has 1 aliphatic carbocycles. The van der Waals surface area contributed by atoms with Crippen LogP contribution >= 0.6 is 0 Å². The standard InChI is InChI=1S/C18H28N2/c1-20(14-17-10-4-5-12-19-17)13-16-9-6-8-15-7-2-3-11-18(15)16/h2-3,7,11,16-17,19H,4-6,8-10,12-14H2,1H3. The molecule has 110 valence electrons. The molecule has 2 unspecified atom stereocenters. The zero-order valence-electron chi connectivity index (χ0n) is 12.8. The molecule has 0 bridgehead atoms. The smallest absolute Gasteiger partial charge is 0.0194 e. The number of rotatable bonds is 4. The maximum atomic E-state index is 3.66. The number of fused-ring (bicyclic) bond motifs is 1. The molecule has 0 saturated carbocycles. The van der Waals surface area contributed by atoms with Gasteiger partial charge in [-0.2, -0.15) is 0 Å². The van der Waals surface area contributed by atoms with Crippen LogP contribution in [-0.2, 0) is 6.42 Å². The second-order valence-corrected chi connectivity index (χ2v) is 6.66. The van der Waals surface area contributed by atoms with Crippen LogP contribution in [0.1, 0.15) is 49.1 Å². The topological polar surface area (TPSA) is 15.3 Å². The summed E-state index contributed by atoms with van der Waals surface area (Å²) < 4.78 is 0. The molecule has 1 heterocycles. The Morgan fingerprint density at radius 2 is 2.00 bits per heavy atom. The molecule has 0 amide bonds. The molecule has 1 aliphatic heterocycles. The first-order valence-corrected chi connectivity index (χ1v) is 8.32.